The quantitative estimate of drug-likeness (QED) is 0.741. The van der Waals surface area contributed by atoms with E-state index < -0.39 is 0 Å². The van der Waals surface area contributed by atoms with Crippen LogP contribution in [0.1, 0.15) is 28.2 Å². The van der Waals surface area contributed by atoms with Gasteiger partial charge in [0.1, 0.15) is 5.69 Å². The number of benzene rings is 1. The first-order chi connectivity index (χ1) is 11.6. The maximum absolute atomic E-state index is 12.5. The summed E-state index contributed by atoms with van der Waals surface area (Å²) in [7, 11) is 0. The average Bonchev–Trinajstić information content (AvgIpc) is 3.03. The summed E-state index contributed by atoms with van der Waals surface area (Å²) < 4.78 is 0. The van der Waals surface area contributed by atoms with Crippen LogP contribution < -0.4 is 0 Å². The summed E-state index contributed by atoms with van der Waals surface area (Å²) in [4.78, 5) is 18.6. The number of nitrogens with zero attached hydrogens (tertiary/aromatic N) is 2. The number of carbonyl (C=O) groups is 1. The van der Waals surface area contributed by atoms with Gasteiger partial charge in [-0.2, -0.15) is 0 Å². The van der Waals surface area contributed by atoms with Gasteiger partial charge in [0.05, 0.1) is 0 Å². The molecule has 1 fully saturated rings. The minimum absolute atomic E-state index is 0.00853. The van der Waals surface area contributed by atoms with E-state index in [1.165, 1.54) is 0 Å². The number of carbonyl (C=O) groups excluding carboxylic acids is 1. The zero-order valence-corrected chi connectivity index (χ0v) is 14.2. The van der Waals surface area contributed by atoms with Gasteiger partial charge in [-0.1, -0.05) is 29.7 Å². The molecule has 0 spiro atoms. The molecule has 1 aromatic carbocycles. The number of hydrogen-bond acceptors (Lipinski definition) is 2. The van der Waals surface area contributed by atoms with E-state index >= 15 is 0 Å². The Bertz CT molecular complexity index is 861. The van der Waals surface area contributed by atoms with Gasteiger partial charge in [0.25, 0.3) is 5.91 Å². The fourth-order valence-corrected chi connectivity index (χ4v) is 2.79. The number of likely N-dealkylation sites (tertiary alicyclic amines) is 1. The van der Waals surface area contributed by atoms with E-state index in [0.717, 1.165) is 23.4 Å². The molecule has 1 aromatic heterocycles. The second-order valence-corrected chi connectivity index (χ2v) is 6.16. The van der Waals surface area contributed by atoms with Crippen molar-refractivity contribution in [3.05, 3.63) is 76.1 Å². The minimum atomic E-state index is 0.00853. The van der Waals surface area contributed by atoms with Crippen molar-refractivity contribution in [3.63, 3.8) is 0 Å². The van der Waals surface area contributed by atoms with E-state index in [2.05, 4.69) is 16.8 Å². The standard InChI is InChI=1S/C20H17ClN2O/c1-15-5-2-9-19(22-15)10-3-6-16-11-12-23(14-16)20(24)17-7-4-8-18(21)13-17/h2,4-9,13H,11-12,14H2,1H3/b16-6+. The maximum atomic E-state index is 12.5. The van der Waals surface area contributed by atoms with Crippen LogP contribution in [0, 0.1) is 18.8 Å². The molecule has 0 N–H and O–H groups in total. The Balaban J connectivity index is 1.66. The number of aromatic nitrogens is 1. The highest BCUT2D eigenvalue weighted by atomic mass is 35.5. The van der Waals surface area contributed by atoms with Crippen molar-refractivity contribution >= 4 is 17.5 Å². The Morgan fingerprint density at radius 3 is 2.92 bits per heavy atom. The Morgan fingerprint density at radius 2 is 2.12 bits per heavy atom. The van der Waals surface area contributed by atoms with E-state index in [0.29, 0.717) is 23.7 Å². The van der Waals surface area contributed by atoms with Gasteiger partial charge in [-0.05, 0) is 61.2 Å². The first-order valence-corrected chi connectivity index (χ1v) is 8.17. The van der Waals surface area contributed by atoms with Crippen molar-refractivity contribution in [1.82, 2.24) is 9.88 Å². The number of aryl methyl sites for hydroxylation is 1. The molecule has 3 nitrogen and oxygen atoms in total. The number of pyridine rings is 1. The second-order valence-electron chi connectivity index (χ2n) is 5.72. The number of halogens is 1. The third-order valence-corrected chi connectivity index (χ3v) is 4.06. The second kappa shape index (κ2) is 7.33. The number of hydrogen-bond donors (Lipinski definition) is 0. The van der Waals surface area contributed by atoms with Crippen molar-refractivity contribution in [2.45, 2.75) is 13.3 Å². The van der Waals surface area contributed by atoms with Crippen LogP contribution in [0.3, 0.4) is 0 Å². The lowest BCUT2D eigenvalue weighted by Crippen LogP contribution is -2.27. The van der Waals surface area contributed by atoms with Gasteiger partial charge in [0.15, 0.2) is 0 Å². The molecule has 0 saturated carbocycles. The molecule has 0 unspecified atom stereocenters. The summed E-state index contributed by atoms with van der Waals surface area (Å²) in [5.74, 6) is 6.09. The lowest BCUT2D eigenvalue weighted by atomic mass is 10.2. The van der Waals surface area contributed by atoms with E-state index in [1.807, 2.05) is 36.1 Å². The molecule has 3 rings (SSSR count). The van der Waals surface area contributed by atoms with Crippen molar-refractivity contribution in [2.24, 2.45) is 0 Å². The van der Waals surface area contributed by atoms with Gasteiger partial charge in [0.2, 0.25) is 0 Å². The number of rotatable bonds is 1. The smallest absolute Gasteiger partial charge is 0.254 e. The van der Waals surface area contributed by atoms with Crippen LogP contribution in [-0.4, -0.2) is 28.9 Å². The Kier molecular flexibility index (Phi) is 4.98. The van der Waals surface area contributed by atoms with E-state index in [1.54, 1.807) is 24.3 Å². The average molecular weight is 337 g/mol. The highest BCUT2D eigenvalue weighted by Crippen LogP contribution is 2.19. The molecule has 0 radical (unpaired) electrons. The van der Waals surface area contributed by atoms with E-state index in [-0.39, 0.29) is 5.91 Å². The maximum Gasteiger partial charge on any atom is 0.254 e. The van der Waals surface area contributed by atoms with Crippen molar-refractivity contribution in [1.29, 1.82) is 0 Å². The molecule has 0 bridgehead atoms. The van der Waals surface area contributed by atoms with Crippen LogP contribution in [0.5, 0.6) is 0 Å². The fourth-order valence-electron chi connectivity index (χ4n) is 2.60. The zero-order chi connectivity index (χ0) is 16.9. The SMILES string of the molecule is Cc1cccc(C#C/C=C2\CCN(C(=O)c3cccc(Cl)c3)C2)n1. The summed E-state index contributed by atoms with van der Waals surface area (Å²) in [6.45, 7) is 3.27. The number of amides is 1. The predicted molar refractivity (Wildman–Crippen MR) is 95.9 cm³/mol. The molecule has 1 aliphatic heterocycles. The first-order valence-electron chi connectivity index (χ1n) is 7.80. The summed E-state index contributed by atoms with van der Waals surface area (Å²) in [5, 5.41) is 0.576. The molecule has 2 heterocycles. The van der Waals surface area contributed by atoms with E-state index in [4.69, 9.17) is 11.6 Å². The first kappa shape index (κ1) is 16.3. The minimum Gasteiger partial charge on any atom is -0.334 e. The predicted octanol–water partition coefficient (Wildman–Crippen LogP) is 3.87. The molecule has 1 amide bonds. The molecule has 24 heavy (non-hydrogen) atoms. The molecule has 120 valence electrons. The summed E-state index contributed by atoms with van der Waals surface area (Å²) in [6.07, 6.45) is 2.75. The Labute approximate surface area is 147 Å². The molecular weight excluding hydrogens is 320 g/mol. The van der Waals surface area contributed by atoms with Gasteiger partial charge in [-0.25, -0.2) is 4.98 Å². The van der Waals surface area contributed by atoms with Crippen molar-refractivity contribution < 1.29 is 4.79 Å². The summed E-state index contributed by atoms with van der Waals surface area (Å²) >= 11 is 5.96. The van der Waals surface area contributed by atoms with Crippen LogP contribution in [0.15, 0.2) is 54.1 Å². The van der Waals surface area contributed by atoms with Gasteiger partial charge in [0, 0.05) is 29.4 Å². The van der Waals surface area contributed by atoms with Crippen LogP contribution in [0.25, 0.3) is 0 Å². The summed E-state index contributed by atoms with van der Waals surface area (Å²) in [5.41, 5.74) is 3.50. The highest BCUT2D eigenvalue weighted by molar-refractivity contribution is 6.30. The Morgan fingerprint density at radius 1 is 1.29 bits per heavy atom. The molecule has 0 atom stereocenters. The Hall–Kier alpha value is -2.57. The van der Waals surface area contributed by atoms with Crippen LogP contribution in [-0.2, 0) is 0 Å². The summed E-state index contributed by atoms with van der Waals surface area (Å²) in [6, 6.07) is 12.8. The third-order valence-electron chi connectivity index (χ3n) is 3.82. The van der Waals surface area contributed by atoms with Crippen LogP contribution in [0.4, 0.5) is 0 Å². The molecular formula is C20H17ClN2O. The topological polar surface area (TPSA) is 33.2 Å². The van der Waals surface area contributed by atoms with Crippen LogP contribution >= 0.6 is 11.6 Å². The van der Waals surface area contributed by atoms with Crippen molar-refractivity contribution in [3.8, 4) is 11.8 Å². The highest BCUT2D eigenvalue weighted by Gasteiger charge is 2.22. The molecule has 1 aliphatic rings. The molecule has 0 aliphatic carbocycles. The van der Waals surface area contributed by atoms with Gasteiger partial charge in [-0.15, -0.1) is 0 Å². The lowest BCUT2D eigenvalue weighted by Gasteiger charge is -2.14. The number of allylic oxidation sites excluding steroid dienone is 1. The molecule has 4 heteroatoms. The van der Waals surface area contributed by atoms with Crippen molar-refractivity contribution in [2.75, 3.05) is 13.1 Å². The lowest BCUT2D eigenvalue weighted by molar-refractivity contribution is 0.0796. The van der Waals surface area contributed by atoms with Gasteiger partial charge in [-0.3, -0.25) is 4.79 Å². The van der Waals surface area contributed by atoms with Gasteiger partial charge >= 0.3 is 0 Å². The largest absolute Gasteiger partial charge is 0.334 e. The zero-order valence-electron chi connectivity index (χ0n) is 13.4. The van der Waals surface area contributed by atoms with E-state index in [9.17, 15) is 4.79 Å². The monoisotopic (exact) mass is 336 g/mol. The molecule has 1 saturated heterocycles. The normalized spacial score (nSPS) is 15.2. The molecule has 2 aromatic rings. The van der Waals surface area contributed by atoms with Gasteiger partial charge < -0.3 is 4.90 Å². The third kappa shape index (κ3) is 4.04. The van der Waals surface area contributed by atoms with Crippen LogP contribution in [0.2, 0.25) is 5.02 Å². The fraction of sp³-hybridized carbons (Fsp3) is 0.200.